The highest BCUT2D eigenvalue weighted by molar-refractivity contribution is 6.07. The number of hydrogen-bond donors (Lipinski definition) is 1. The van der Waals surface area contributed by atoms with Crippen LogP contribution in [0.5, 0.6) is 0 Å². The third-order valence-corrected chi connectivity index (χ3v) is 5.04. The van der Waals surface area contributed by atoms with Crippen LogP contribution in [0.25, 0.3) is 0 Å². The van der Waals surface area contributed by atoms with E-state index in [0.717, 1.165) is 38.8 Å². The van der Waals surface area contributed by atoms with E-state index in [9.17, 15) is 9.59 Å². The maximum Gasteiger partial charge on any atom is 0.326 e. The van der Waals surface area contributed by atoms with E-state index in [1.165, 1.54) is 4.90 Å². The molecule has 3 fully saturated rings. The molecule has 2 saturated heterocycles. The Morgan fingerprint density at radius 1 is 1.29 bits per heavy atom. The van der Waals surface area contributed by atoms with Crippen LogP contribution in [0.2, 0.25) is 0 Å². The smallest absolute Gasteiger partial charge is 0.326 e. The number of morpholine rings is 1. The van der Waals surface area contributed by atoms with Crippen molar-refractivity contribution in [1.82, 2.24) is 15.1 Å². The van der Waals surface area contributed by atoms with Crippen LogP contribution < -0.4 is 5.32 Å². The topological polar surface area (TPSA) is 61.9 Å². The van der Waals surface area contributed by atoms with Gasteiger partial charge in [0.15, 0.2) is 0 Å². The van der Waals surface area contributed by atoms with Crippen molar-refractivity contribution in [2.24, 2.45) is 5.92 Å². The first-order chi connectivity index (χ1) is 10.00. The Labute approximate surface area is 125 Å². The van der Waals surface area contributed by atoms with Crippen LogP contribution in [0.3, 0.4) is 0 Å². The summed E-state index contributed by atoms with van der Waals surface area (Å²) in [5.74, 6) is 0.619. The minimum Gasteiger partial charge on any atom is -0.376 e. The summed E-state index contributed by atoms with van der Waals surface area (Å²) >= 11 is 0. The molecule has 3 rings (SSSR count). The number of rotatable bonds is 2. The Kier molecular flexibility index (Phi) is 3.92. The van der Waals surface area contributed by atoms with Crippen molar-refractivity contribution in [1.29, 1.82) is 0 Å². The molecule has 3 amide bonds. The van der Waals surface area contributed by atoms with Gasteiger partial charge in [0.2, 0.25) is 0 Å². The maximum absolute atomic E-state index is 12.7. The summed E-state index contributed by atoms with van der Waals surface area (Å²) in [6, 6.07) is -0.228. The Morgan fingerprint density at radius 3 is 2.67 bits per heavy atom. The van der Waals surface area contributed by atoms with Crippen LogP contribution in [-0.2, 0) is 9.53 Å². The molecule has 2 aliphatic heterocycles. The van der Waals surface area contributed by atoms with E-state index < -0.39 is 5.54 Å². The lowest BCUT2D eigenvalue weighted by molar-refractivity contribution is -0.135. The highest BCUT2D eigenvalue weighted by Crippen LogP contribution is 2.36. The van der Waals surface area contributed by atoms with Crippen molar-refractivity contribution in [3.05, 3.63) is 0 Å². The Balaban J connectivity index is 1.66. The number of amides is 3. The van der Waals surface area contributed by atoms with Gasteiger partial charge >= 0.3 is 6.03 Å². The molecular weight excluding hydrogens is 270 g/mol. The normalized spacial score (nSPS) is 38.1. The third-order valence-electron chi connectivity index (χ3n) is 5.04. The Bertz CT molecular complexity index is 432. The number of imide groups is 1. The predicted molar refractivity (Wildman–Crippen MR) is 77.6 cm³/mol. The fourth-order valence-corrected chi connectivity index (χ4v) is 3.62. The number of hydrogen-bond acceptors (Lipinski definition) is 4. The lowest BCUT2D eigenvalue weighted by Gasteiger charge is -2.35. The van der Waals surface area contributed by atoms with Gasteiger partial charge in [-0.1, -0.05) is 6.92 Å². The van der Waals surface area contributed by atoms with Gasteiger partial charge < -0.3 is 10.1 Å². The summed E-state index contributed by atoms with van der Waals surface area (Å²) in [5, 5.41) is 2.97. The van der Waals surface area contributed by atoms with Crippen molar-refractivity contribution >= 4 is 11.9 Å². The second-order valence-electron chi connectivity index (χ2n) is 6.83. The van der Waals surface area contributed by atoms with Crippen LogP contribution in [0.4, 0.5) is 4.79 Å². The van der Waals surface area contributed by atoms with Gasteiger partial charge in [0.25, 0.3) is 5.91 Å². The van der Waals surface area contributed by atoms with E-state index >= 15 is 0 Å². The molecule has 3 aliphatic rings. The SMILES string of the molecule is CC1CCC2(CC1)NC(=O)N(CN1CCOC(C)C1)C2=O. The largest absolute Gasteiger partial charge is 0.376 e. The number of carbonyl (C=O) groups excluding carboxylic acids is 2. The van der Waals surface area contributed by atoms with Gasteiger partial charge in [-0.2, -0.15) is 0 Å². The average molecular weight is 295 g/mol. The van der Waals surface area contributed by atoms with Crippen molar-refractivity contribution in [2.45, 2.75) is 51.2 Å². The van der Waals surface area contributed by atoms with E-state index in [0.29, 0.717) is 19.2 Å². The van der Waals surface area contributed by atoms with E-state index in [-0.39, 0.29) is 18.0 Å². The second kappa shape index (κ2) is 5.57. The molecule has 0 bridgehead atoms. The average Bonchev–Trinajstić information content (AvgIpc) is 2.67. The van der Waals surface area contributed by atoms with Crippen LogP contribution in [0.1, 0.15) is 39.5 Å². The van der Waals surface area contributed by atoms with Crippen molar-refractivity contribution in [3.63, 3.8) is 0 Å². The van der Waals surface area contributed by atoms with Crippen LogP contribution in [0, 0.1) is 5.92 Å². The van der Waals surface area contributed by atoms with Crippen LogP contribution in [-0.4, -0.2) is 59.7 Å². The molecule has 0 radical (unpaired) electrons. The van der Waals surface area contributed by atoms with Gasteiger partial charge in [-0.3, -0.25) is 9.69 Å². The van der Waals surface area contributed by atoms with Crippen molar-refractivity contribution in [2.75, 3.05) is 26.4 Å². The van der Waals surface area contributed by atoms with Gasteiger partial charge in [0, 0.05) is 13.1 Å². The zero-order chi connectivity index (χ0) is 15.0. The zero-order valence-electron chi connectivity index (χ0n) is 12.9. The van der Waals surface area contributed by atoms with Gasteiger partial charge in [-0.05, 0) is 38.5 Å². The van der Waals surface area contributed by atoms with Crippen molar-refractivity contribution < 1.29 is 14.3 Å². The first-order valence-corrected chi connectivity index (χ1v) is 7.98. The highest BCUT2D eigenvalue weighted by Gasteiger charge is 2.52. The molecule has 1 atom stereocenters. The summed E-state index contributed by atoms with van der Waals surface area (Å²) in [4.78, 5) is 28.5. The summed E-state index contributed by atoms with van der Waals surface area (Å²) in [6.45, 7) is 6.80. The first-order valence-electron chi connectivity index (χ1n) is 7.98. The fourth-order valence-electron chi connectivity index (χ4n) is 3.62. The van der Waals surface area contributed by atoms with Crippen molar-refractivity contribution in [3.8, 4) is 0 Å². The van der Waals surface area contributed by atoms with Gasteiger partial charge in [0.1, 0.15) is 5.54 Å². The van der Waals surface area contributed by atoms with E-state index in [1.54, 1.807) is 0 Å². The fraction of sp³-hybridized carbons (Fsp3) is 0.867. The maximum atomic E-state index is 12.7. The monoisotopic (exact) mass is 295 g/mol. The number of nitrogens with zero attached hydrogens (tertiary/aromatic N) is 2. The molecule has 0 aromatic heterocycles. The summed E-state index contributed by atoms with van der Waals surface area (Å²) in [5.41, 5.74) is -0.624. The second-order valence-corrected chi connectivity index (χ2v) is 6.83. The minimum atomic E-state index is -0.624. The third kappa shape index (κ3) is 2.79. The highest BCUT2D eigenvalue weighted by atomic mass is 16.5. The molecule has 2 heterocycles. The lowest BCUT2D eigenvalue weighted by Crippen LogP contribution is -2.51. The molecule has 1 spiro atoms. The molecule has 1 N–H and O–H groups in total. The lowest BCUT2D eigenvalue weighted by atomic mass is 9.77. The zero-order valence-corrected chi connectivity index (χ0v) is 12.9. The molecule has 6 heteroatoms. The molecular formula is C15H25N3O3. The number of nitrogens with one attached hydrogen (secondary N) is 1. The van der Waals surface area contributed by atoms with E-state index in [4.69, 9.17) is 4.74 Å². The molecule has 0 aromatic carbocycles. The van der Waals surface area contributed by atoms with Gasteiger partial charge in [-0.15, -0.1) is 0 Å². The summed E-state index contributed by atoms with van der Waals surface area (Å²) in [7, 11) is 0. The van der Waals surface area contributed by atoms with E-state index in [1.807, 2.05) is 6.92 Å². The molecule has 1 aliphatic carbocycles. The predicted octanol–water partition coefficient (Wildman–Crippen LogP) is 1.17. The summed E-state index contributed by atoms with van der Waals surface area (Å²) < 4.78 is 5.50. The minimum absolute atomic E-state index is 0.0291. The molecule has 21 heavy (non-hydrogen) atoms. The molecule has 1 saturated carbocycles. The van der Waals surface area contributed by atoms with E-state index in [2.05, 4.69) is 17.1 Å². The first kappa shape index (κ1) is 14.8. The number of urea groups is 1. The number of ether oxygens (including phenoxy) is 1. The van der Waals surface area contributed by atoms with Crippen LogP contribution >= 0.6 is 0 Å². The molecule has 6 nitrogen and oxygen atoms in total. The Morgan fingerprint density at radius 2 is 2.00 bits per heavy atom. The molecule has 118 valence electrons. The summed E-state index contributed by atoms with van der Waals surface area (Å²) in [6.07, 6.45) is 3.72. The van der Waals surface area contributed by atoms with Gasteiger partial charge in [-0.25, -0.2) is 9.69 Å². The Hall–Kier alpha value is -1.14. The molecule has 0 aromatic rings. The van der Waals surface area contributed by atoms with Crippen LogP contribution in [0.15, 0.2) is 0 Å². The number of carbonyl (C=O) groups is 2. The van der Waals surface area contributed by atoms with Gasteiger partial charge in [0.05, 0.1) is 19.4 Å². The molecule has 1 unspecified atom stereocenters. The standard InChI is InChI=1S/C15H25N3O3/c1-11-3-5-15(6-4-11)13(19)18(14(20)16-15)10-17-7-8-21-12(2)9-17/h11-12H,3-10H2,1-2H3,(H,16,20). The quantitative estimate of drug-likeness (QED) is 0.777.